The molecule has 0 spiro atoms. The molecule has 2 heterocycles. The summed E-state index contributed by atoms with van der Waals surface area (Å²) < 4.78 is 25.0. The number of fused-ring (bicyclic) bond motifs is 1. The lowest BCUT2D eigenvalue weighted by atomic mass is 9.93. The van der Waals surface area contributed by atoms with Crippen molar-refractivity contribution in [3.63, 3.8) is 0 Å². The normalized spacial score (nSPS) is 14.1. The van der Waals surface area contributed by atoms with Gasteiger partial charge in [-0.25, -0.2) is 14.6 Å². The Kier molecular flexibility index (Phi) is 11.2. The maximum atomic E-state index is 14.3. The molecule has 5 aromatic rings. The number of nitrogens with zero attached hydrogens (tertiary/aromatic N) is 2. The van der Waals surface area contributed by atoms with Crippen molar-refractivity contribution in [2.45, 2.75) is 26.5 Å². The van der Waals surface area contributed by atoms with Gasteiger partial charge in [0, 0.05) is 10.6 Å². The number of aromatic nitrogens is 1. The Morgan fingerprint density at radius 1 is 0.941 bits per heavy atom. The van der Waals surface area contributed by atoms with Crippen molar-refractivity contribution in [2.75, 3.05) is 20.3 Å². The van der Waals surface area contributed by atoms with Gasteiger partial charge in [0.2, 0.25) is 0 Å². The molecule has 0 fully saturated rings. The van der Waals surface area contributed by atoms with Crippen molar-refractivity contribution in [1.82, 2.24) is 4.57 Å². The lowest BCUT2D eigenvalue weighted by molar-refractivity contribution is -0.138. The first-order valence-corrected chi connectivity index (χ1v) is 18.0. The molecule has 260 valence electrons. The Morgan fingerprint density at radius 2 is 1.63 bits per heavy atom. The summed E-state index contributed by atoms with van der Waals surface area (Å²) in [7, 11) is 1.54. The van der Waals surface area contributed by atoms with E-state index in [1.807, 2.05) is 36.4 Å². The zero-order valence-electron chi connectivity index (χ0n) is 27.9. The third-order valence-corrected chi connectivity index (χ3v) is 9.78. The number of benzene rings is 4. The fraction of sp³-hybridized carbons (Fsp3) is 0.179. The van der Waals surface area contributed by atoms with E-state index in [4.69, 9.17) is 35.5 Å². The number of carbonyl (C=O) groups excluding carboxylic acids is 2. The van der Waals surface area contributed by atoms with Crippen molar-refractivity contribution < 1.29 is 28.5 Å². The molecule has 1 aliphatic heterocycles. The molecule has 0 bridgehead atoms. The molecule has 0 N–H and O–H groups in total. The van der Waals surface area contributed by atoms with Crippen LogP contribution in [0, 0.1) is 0 Å². The van der Waals surface area contributed by atoms with E-state index in [2.05, 4.69) is 15.9 Å². The van der Waals surface area contributed by atoms with Gasteiger partial charge < -0.3 is 18.9 Å². The number of methoxy groups -OCH3 is 1. The molecule has 0 radical (unpaired) electrons. The molecule has 0 aliphatic carbocycles. The molecule has 1 aromatic heterocycles. The van der Waals surface area contributed by atoms with Crippen LogP contribution in [0.3, 0.4) is 0 Å². The van der Waals surface area contributed by atoms with Crippen molar-refractivity contribution in [3.8, 4) is 11.5 Å². The molecule has 0 saturated carbocycles. The first-order valence-electron chi connectivity index (χ1n) is 16.0. The van der Waals surface area contributed by atoms with Crippen molar-refractivity contribution in [2.24, 2.45) is 4.99 Å². The molecule has 51 heavy (non-hydrogen) atoms. The summed E-state index contributed by atoms with van der Waals surface area (Å²) in [5.74, 6) is -0.0241. The Morgan fingerprint density at radius 3 is 2.29 bits per heavy atom. The predicted octanol–water partition coefficient (Wildman–Crippen LogP) is 7.12. The van der Waals surface area contributed by atoms with Crippen LogP contribution in [0.15, 0.2) is 111 Å². The second kappa shape index (κ2) is 15.9. The van der Waals surface area contributed by atoms with Gasteiger partial charge in [0.15, 0.2) is 16.3 Å². The minimum Gasteiger partial charge on any atom is -0.493 e. The van der Waals surface area contributed by atoms with Crippen LogP contribution >= 0.6 is 38.9 Å². The average Bonchev–Trinajstić information content (AvgIpc) is 3.45. The number of thiazole rings is 1. The van der Waals surface area contributed by atoms with Crippen molar-refractivity contribution >= 4 is 62.6 Å². The Labute approximate surface area is 311 Å². The number of hydrogen-bond donors (Lipinski definition) is 0. The summed E-state index contributed by atoms with van der Waals surface area (Å²) in [6.07, 6.45) is 1.75. The molecule has 1 atom stereocenters. The van der Waals surface area contributed by atoms with Crippen LogP contribution in [-0.2, 0) is 20.9 Å². The van der Waals surface area contributed by atoms with Gasteiger partial charge in [-0.1, -0.05) is 77.5 Å². The van der Waals surface area contributed by atoms with E-state index in [1.54, 1.807) is 74.5 Å². The van der Waals surface area contributed by atoms with Gasteiger partial charge in [0.25, 0.3) is 5.56 Å². The quantitative estimate of drug-likeness (QED) is 0.131. The second-order valence-corrected chi connectivity index (χ2v) is 13.5. The van der Waals surface area contributed by atoms with E-state index in [0.29, 0.717) is 59.3 Å². The molecule has 0 amide bonds. The smallest absolute Gasteiger partial charge is 0.338 e. The summed E-state index contributed by atoms with van der Waals surface area (Å²) >= 11 is 11.1. The minimum absolute atomic E-state index is 0.153. The third kappa shape index (κ3) is 7.70. The first-order chi connectivity index (χ1) is 24.7. The molecule has 0 unspecified atom stereocenters. The van der Waals surface area contributed by atoms with Crippen molar-refractivity contribution in [1.29, 1.82) is 0 Å². The van der Waals surface area contributed by atoms with Gasteiger partial charge in [-0.2, -0.15) is 0 Å². The summed E-state index contributed by atoms with van der Waals surface area (Å²) in [6, 6.07) is 26.2. The Bertz CT molecular complexity index is 2300. The van der Waals surface area contributed by atoms with Crippen LogP contribution in [0.5, 0.6) is 11.5 Å². The van der Waals surface area contributed by atoms with Gasteiger partial charge in [-0.05, 0) is 88.9 Å². The van der Waals surface area contributed by atoms with Gasteiger partial charge >= 0.3 is 11.9 Å². The highest BCUT2D eigenvalue weighted by Crippen LogP contribution is 2.38. The zero-order valence-corrected chi connectivity index (χ0v) is 31.0. The molecule has 9 nitrogen and oxygen atoms in total. The highest BCUT2D eigenvalue weighted by Gasteiger charge is 2.35. The Balaban J connectivity index is 1.41. The summed E-state index contributed by atoms with van der Waals surface area (Å²) in [4.78, 5) is 45.3. The van der Waals surface area contributed by atoms with E-state index in [-0.39, 0.29) is 30.3 Å². The molecule has 6 rings (SSSR count). The molecule has 4 aromatic carbocycles. The largest absolute Gasteiger partial charge is 0.493 e. The number of rotatable bonds is 11. The monoisotopic (exact) mass is 786 g/mol. The highest BCUT2D eigenvalue weighted by molar-refractivity contribution is 9.10. The standard InChI is InChI=1S/C39H32BrClN2O7S/c1-4-48-37(45)27-13-11-23(12-14-27)22-50-35-29(40)19-24(20-30(35)47-3)21-31-36(44)43-34(26-15-17-28(41)18-16-26)32(38(46)49-5-2)33(42-39(43)51-31)25-9-7-6-8-10-25/h6-21,34H,4-5,22H2,1-3H3/b31-21-/t34-/m1/s1. The number of halogens is 2. The maximum absolute atomic E-state index is 14.3. The minimum atomic E-state index is -0.821. The fourth-order valence-electron chi connectivity index (χ4n) is 5.62. The van der Waals surface area contributed by atoms with E-state index in [1.165, 1.54) is 23.0 Å². The lowest BCUT2D eigenvalue weighted by Crippen LogP contribution is -2.40. The molecule has 12 heteroatoms. The van der Waals surface area contributed by atoms with Crippen LogP contribution in [0.25, 0.3) is 11.8 Å². The van der Waals surface area contributed by atoms with Gasteiger partial charge in [-0.3, -0.25) is 9.36 Å². The van der Waals surface area contributed by atoms with Crippen LogP contribution in [0.1, 0.15) is 52.5 Å². The molecular formula is C39H32BrClN2O7S. The zero-order chi connectivity index (χ0) is 36.1. The third-order valence-electron chi connectivity index (χ3n) is 7.96. The summed E-state index contributed by atoms with van der Waals surface area (Å²) in [5, 5.41) is 0.523. The van der Waals surface area contributed by atoms with Gasteiger partial charge in [0.1, 0.15) is 6.61 Å². The summed E-state index contributed by atoms with van der Waals surface area (Å²) in [6.45, 7) is 4.17. The van der Waals surface area contributed by atoms with E-state index < -0.39 is 12.0 Å². The van der Waals surface area contributed by atoms with Crippen molar-refractivity contribution in [3.05, 3.63) is 154 Å². The van der Waals surface area contributed by atoms with E-state index in [9.17, 15) is 14.4 Å². The van der Waals surface area contributed by atoms with Gasteiger partial charge in [0.05, 0.1) is 52.2 Å². The molecular weight excluding hydrogens is 756 g/mol. The lowest BCUT2D eigenvalue weighted by Gasteiger charge is -2.25. The topological polar surface area (TPSA) is 105 Å². The number of ether oxygens (including phenoxy) is 4. The number of carbonyl (C=O) groups is 2. The SMILES string of the molecule is CCOC(=O)C1=C(c2ccccc2)N=c2s/c(=C\c3cc(Br)c(OCc4ccc(C(=O)OCC)cc4)c(OC)c3)c(=O)n2[C@@H]1c1ccc(Cl)cc1. The molecule has 0 saturated heterocycles. The van der Waals surface area contributed by atoms with E-state index >= 15 is 0 Å². The maximum Gasteiger partial charge on any atom is 0.338 e. The summed E-state index contributed by atoms with van der Waals surface area (Å²) in [5.41, 5.74) is 3.74. The Hall–Kier alpha value is -4.97. The van der Waals surface area contributed by atoms with Crippen LogP contribution in [0.2, 0.25) is 5.02 Å². The second-order valence-electron chi connectivity index (χ2n) is 11.2. The van der Waals surface area contributed by atoms with Crippen LogP contribution in [0.4, 0.5) is 0 Å². The highest BCUT2D eigenvalue weighted by atomic mass is 79.9. The average molecular weight is 788 g/mol. The molecule has 1 aliphatic rings. The van der Waals surface area contributed by atoms with Gasteiger partial charge in [-0.15, -0.1) is 0 Å². The van der Waals surface area contributed by atoms with Crippen LogP contribution in [-0.4, -0.2) is 36.8 Å². The fourth-order valence-corrected chi connectivity index (χ4v) is 7.32. The number of hydrogen-bond acceptors (Lipinski definition) is 9. The van der Waals surface area contributed by atoms with E-state index in [0.717, 1.165) is 11.1 Å². The predicted molar refractivity (Wildman–Crippen MR) is 200 cm³/mol. The van der Waals surface area contributed by atoms with Crippen LogP contribution < -0.4 is 24.4 Å². The number of esters is 2. The first kappa shape index (κ1) is 35.8.